The second kappa shape index (κ2) is 11.4. The number of methoxy groups -OCH3 is 1. The second-order valence-corrected chi connectivity index (χ2v) is 9.46. The maximum atomic E-state index is 13.5. The Bertz CT molecular complexity index is 1300. The van der Waals surface area contributed by atoms with Gasteiger partial charge in [0, 0.05) is 11.4 Å². The van der Waals surface area contributed by atoms with Crippen molar-refractivity contribution in [3.63, 3.8) is 0 Å². The van der Waals surface area contributed by atoms with Crippen molar-refractivity contribution in [3.05, 3.63) is 64.6 Å². The standard InChI is InChI=1S/C26H27BrN2O8/c1-13(31)28-22-24(33)23(32)21(12-30)37-26(22)36-20-11-14-7-8-16(27)9-15(14)10-17(20)25(34)29-18-5-3-4-6-19(18)35-2/h3-11,21-24,26,30,32-33H,12H2,1-2H3,(H,28,31)(H,29,34). The van der Waals surface area contributed by atoms with E-state index in [0.29, 0.717) is 11.4 Å². The highest BCUT2D eigenvalue weighted by atomic mass is 79.9. The number of amides is 2. The number of carbonyl (C=O) groups is 2. The maximum Gasteiger partial charge on any atom is 0.259 e. The summed E-state index contributed by atoms with van der Waals surface area (Å²) in [6.45, 7) is 0.645. The summed E-state index contributed by atoms with van der Waals surface area (Å²) < 4.78 is 17.9. The quantitative estimate of drug-likeness (QED) is 0.288. The number of benzene rings is 3. The van der Waals surface area contributed by atoms with E-state index < -0.39 is 49.1 Å². The Labute approximate surface area is 221 Å². The first kappa shape index (κ1) is 26.8. The van der Waals surface area contributed by atoms with E-state index in [4.69, 9.17) is 14.2 Å². The smallest absolute Gasteiger partial charge is 0.259 e. The molecule has 1 saturated heterocycles. The molecular formula is C26H27BrN2O8. The topological polar surface area (TPSA) is 147 Å². The van der Waals surface area contributed by atoms with Gasteiger partial charge in [-0.25, -0.2) is 0 Å². The zero-order chi connectivity index (χ0) is 26.7. The van der Waals surface area contributed by atoms with Crippen LogP contribution in [0.15, 0.2) is 59.1 Å². The number of anilines is 1. The number of rotatable bonds is 7. The molecule has 1 aliphatic heterocycles. The monoisotopic (exact) mass is 574 g/mol. The summed E-state index contributed by atoms with van der Waals surface area (Å²) in [5, 5.41) is 37.4. The van der Waals surface area contributed by atoms with E-state index >= 15 is 0 Å². The molecule has 3 aromatic rings. The van der Waals surface area contributed by atoms with Crippen molar-refractivity contribution in [1.29, 1.82) is 0 Å². The Balaban J connectivity index is 1.75. The Morgan fingerprint density at radius 3 is 2.49 bits per heavy atom. The van der Waals surface area contributed by atoms with Crippen LogP contribution in [0.25, 0.3) is 10.8 Å². The zero-order valence-electron chi connectivity index (χ0n) is 20.1. The second-order valence-electron chi connectivity index (χ2n) is 8.55. The van der Waals surface area contributed by atoms with Crippen molar-refractivity contribution in [2.75, 3.05) is 19.0 Å². The van der Waals surface area contributed by atoms with E-state index in [2.05, 4.69) is 26.6 Å². The van der Waals surface area contributed by atoms with Gasteiger partial charge >= 0.3 is 0 Å². The average molecular weight is 575 g/mol. The van der Waals surface area contributed by atoms with E-state index in [1.165, 1.54) is 14.0 Å². The highest BCUT2D eigenvalue weighted by Crippen LogP contribution is 2.33. The van der Waals surface area contributed by atoms with Crippen LogP contribution in [0.5, 0.6) is 11.5 Å². The van der Waals surface area contributed by atoms with E-state index in [1.54, 1.807) is 36.4 Å². The molecule has 0 bridgehead atoms. The SMILES string of the molecule is COc1ccccc1NC(=O)c1cc2cc(Br)ccc2cc1OC1OC(CO)C(O)C(O)C1NC(C)=O. The van der Waals surface area contributed by atoms with Crippen molar-refractivity contribution in [3.8, 4) is 11.5 Å². The molecule has 3 aromatic carbocycles. The summed E-state index contributed by atoms with van der Waals surface area (Å²) in [6, 6.07) is 14.5. The molecule has 5 atom stereocenters. The minimum atomic E-state index is -1.50. The van der Waals surface area contributed by atoms with Crippen LogP contribution in [-0.4, -0.2) is 71.5 Å². The van der Waals surface area contributed by atoms with Crippen LogP contribution in [0.1, 0.15) is 17.3 Å². The molecule has 0 spiro atoms. The minimum Gasteiger partial charge on any atom is -0.495 e. The van der Waals surface area contributed by atoms with Gasteiger partial charge in [-0.05, 0) is 47.2 Å². The molecule has 0 radical (unpaired) electrons. The van der Waals surface area contributed by atoms with Crippen LogP contribution in [0, 0.1) is 0 Å². The van der Waals surface area contributed by atoms with Gasteiger partial charge in [-0.1, -0.05) is 34.1 Å². The van der Waals surface area contributed by atoms with Crippen LogP contribution >= 0.6 is 15.9 Å². The van der Waals surface area contributed by atoms with Gasteiger partial charge in [0.2, 0.25) is 12.2 Å². The Morgan fingerprint density at radius 2 is 1.78 bits per heavy atom. The Kier molecular flexibility index (Phi) is 8.30. The Hall–Kier alpha value is -3.22. The van der Waals surface area contributed by atoms with Gasteiger partial charge in [0.05, 0.1) is 25.0 Å². The van der Waals surface area contributed by atoms with Crippen molar-refractivity contribution in [2.45, 2.75) is 37.6 Å². The number of aliphatic hydroxyl groups is 3. The third-order valence-electron chi connectivity index (χ3n) is 5.99. The molecule has 37 heavy (non-hydrogen) atoms. The number of fused-ring (bicyclic) bond motifs is 1. The predicted molar refractivity (Wildman–Crippen MR) is 139 cm³/mol. The summed E-state index contributed by atoms with van der Waals surface area (Å²) in [7, 11) is 1.49. The lowest BCUT2D eigenvalue weighted by Gasteiger charge is -2.42. The van der Waals surface area contributed by atoms with Gasteiger partial charge in [-0.3, -0.25) is 9.59 Å². The average Bonchev–Trinajstić information content (AvgIpc) is 2.88. The number of ether oxygens (including phenoxy) is 3. The molecule has 5 unspecified atom stereocenters. The number of nitrogens with one attached hydrogen (secondary N) is 2. The molecule has 10 nitrogen and oxygen atoms in total. The fourth-order valence-electron chi connectivity index (χ4n) is 4.16. The number of hydrogen-bond donors (Lipinski definition) is 5. The van der Waals surface area contributed by atoms with Gasteiger partial charge in [-0.15, -0.1) is 0 Å². The van der Waals surface area contributed by atoms with Crippen LogP contribution < -0.4 is 20.1 Å². The number of halogens is 1. The van der Waals surface area contributed by atoms with Crippen molar-refractivity contribution in [2.24, 2.45) is 0 Å². The van der Waals surface area contributed by atoms with Crippen molar-refractivity contribution in [1.82, 2.24) is 5.32 Å². The first-order valence-corrected chi connectivity index (χ1v) is 12.2. The highest BCUT2D eigenvalue weighted by Gasteiger charge is 2.46. The molecule has 1 fully saturated rings. The third kappa shape index (κ3) is 5.86. The Morgan fingerprint density at radius 1 is 1.03 bits per heavy atom. The number of carbonyl (C=O) groups excluding carboxylic acids is 2. The molecule has 1 aliphatic rings. The molecule has 5 N–H and O–H groups in total. The van der Waals surface area contributed by atoms with Crippen LogP contribution in [0.2, 0.25) is 0 Å². The van der Waals surface area contributed by atoms with Crippen LogP contribution in [-0.2, 0) is 9.53 Å². The fraction of sp³-hybridized carbons (Fsp3) is 0.308. The number of aliphatic hydroxyl groups excluding tert-OH is 3. The summed E-state index contributed by atoms with van der Waals surface area (Å²) in [5.74, 6) is -0.435. The lowest BCUT2D eigenvalue weighted by Crippen LogP contribution is -2.65. The molecule has 196 valence electrons. The zero-order valence-corrected chi connectivity index (χ0v) is 21.6. The summed E-state index contributed by atoms with van der Waals surface area (Å²) in [4.78, 5) is 25.3. The lowest BCUT2D eigenvalue weighted by molar-refractivity contribution is -0.244. The minimum absolute atomic E-state index is 0.0999. The molecule has 0 aromatic heterocycles. The van der Waals surface area contributed by atoms with Gasteiger partial charge in [0.1, 0.15) is 35.9 Å². The third-order valence-corrected chi connectivity index (χ3v) is 6.49. The highest BCUT2D eigenvalue weighted by molar-refractivity contribution is 9.10. The molecule has 0 saturated carbocycles. The van der Waals surface area contributed by atoms with E-state index in [-0.39, 0.29) is 11.3 Å². The fourth-order valence-corrected chi connectivity index (χ4v) is 4.54. The molecule has 1 heterocycles. The molecule has 0 aliphatic carbocycles. The largest absolute Gasteiger partial charge is 0.495 e. The molecule has 11 heteroatoms. The van der Waals surface area contributed by atoms with Gasteiger partial charge < -0.3 is 40.2 Å². The van der Waals surface area contributed by atoms with Crippen molar-refractivity contribution < 1.29 is 39.1 Å². The molecule has 2 amide bonds. The number of para-hydroxylation sites is 2. The van der Waals surface area contributed by atoms with Crippen molar-refractivity contribution >= 4 is 44.2 Å². The van der Waals surface area contributed by atoms with Gasteiger partial charge in [0.15, 0.2) is 0 Å². The first-order valence-electron chi connectivity index (χ1n) is 11.5. The number of hydrogen-bond acceptors (Lipinski definition) is 8. The van der Waals surface area contributed by atoms with Crippen LogP contribution in [0.3, 0.4) is 0 Å². The predicted octanol–water partition coefficient (Wildman–Crippen LogP) is 2.19. The maximum absolute atomic E-state index is 13.5. The van der Waals surface area contributed by atoms with E-state index in [9.17, 15) is 24.9 Å². The first-order chi connectivity index (χ1) is 17.7. The normalized spacial score (nSPS) is 23.4. The van der Waals surface area contributed by atoms with E-state index in [1.807, 2.05) is 18.2 Å². The van der Waals surface area contributed by atoms with Crippen LogP contribution in [0.4, 0.5) is 5.69 Å². The van der Waals surface area contributed by atoms with Gasteiger partial charge in [0.25, 0.3) is 5.91 Å². The summed E-state index contributed by atoms with van der Waals surface area (Å²) in [6.07, 6.45) is -5.47. The summed E-state index contributed by atoms with van der Waals surface area (Å²) >= 11 is 3.44. The molecule has 4 rings (SSSR count). The molecular weight excluding hydrogens is 548 g/mol. The van der Waals surface area contributed by atoms with Gasteiger partial charge in [-0.2, -0.15) is 0 Å². The van der Waals surface area contributed by atoms with E-state index in [0.717, 1.165) is 15.2 Å². The lowest BCUT2D eigenvalue weighted by atomic mass is 9.96. The summed E-state index contributed by atoms with van der Waals surface area (Å²) in [5.41, 5.74) is 0.585.